The molecule has 0 radical (unpaired) electrons. The number of hydrogen-bond acceptors (Lipinski definition) is 5. The summed E-state index contributed by atoms with van der Waals surface area (Å²) in [4.78, 5) is 39.1. The summed E-state index contributed by atoms with van der Waals surface area (Å²) in [5, 5.41) is 3.74. The summed E-state index contributed by atoms with van der Waals surface area (Å²) in [6.45, 7) is 1.95. The van der Waals surface area contributed by atoms with Gasteiger partial charge in [0.2, 0.25) is 11.8 Å². The maximum Gasteiger partial charge on any atom is 0.330 e. The molecule has 0 aliphatic heterocycles. The predicted molar refractivity (Wildman–Crippen MR) is 107 cm³/mol. The molecule has 2 rings (SSSR count). The number of nitrogens with zero attached hydrogens (tertiary/aromatic N) is 1. The van der Waals surface area contributed by atoms with Crippen LogP contribution < -0.4 is 11.1 Å². The molecular weight excluding hydrogens is 358 g/mol. The Morgan fingerprint density at radius 1 is 1.18 bits per heavy atom. The number of primary amides is 1. The number of amides is 2. The van der Waals surface area contributed by atoms with E-state index in [-0.39, 0.29) is 25.4 Å². The summed E-state index contributed by atoms with van der Waals surface area (Å²) in [6, 6.07) is 10.9. The molecule has 0 spiro atoms. The summed E-state index contributed by atoms with van der Waals surface area (Å²) in [5.41, 5.74) is 6.64. The number of hydrogen-bond donors (Lipinski definition) is 2. The number of carbonyl (C=O) groups is 3. The Kier molecular flexibility index (Phi) is 7.90. The maximum atomic E-state index is 12.2. The average Bonchev–Trinajstić information content (AvgIpc) is 2.68. The Balaban J connectivity index is 2.02. The van der Waals surface area contributed by atoms with Crippen LogP contribution in [-0.2, 0) is 19.1 Å². The molecule has 0 saturated heterocycles. The zero-order valence-corrected chi connectivity index (χ0v) is 15.6. The van der Waals surface area contributed by atoms with E-state index in [1.54, 1.807) is 13.0 Å². The third-order valence-corrected chi connectivity index (χ3v) is 3.81. The van der Waals surface area contributed by atoms with Crippen molar-refractivity contribution in [2.75, 3.05) is 6.61 Å². The van der Waals surface area contributed by atoms with E-state index in [2.05, 4.69) is 10.3 Å². The van der Waals surface area contributed by atoms with Gasteiger partial charge in [0.25, 0.3) is 0 Å². The van der Waals surface area contributed by atoms with Crippen molar-refractivity contribution in [2.24, 2.45) is 5.73 Å². The Bertz CT molecular complexity index is 905. The number of aromatic nitrogens is 1. The second-order valence-corrected chi connectivity index (χ2v) is 5.99. The molecule has 7 nitrogen and oxygen atoms in total. The van der Waals surface area contributed by atoms with E-state index in [9.17, 15) is 14.4 Å². The lowest BCUT2D eigenvalue weighted by molar-refractivity contribution is -0.137. The molecule has 0 saturated carbocycles. The first-order chi connectivity index (χ1) is 13.5. The average molecular weight is 381 g/mol. The van der Waals surface area contributed by atoms with Gasteiger partial charge in [-0.25, -0.2) is 9.78 Å². The summed E-state index contributed by atoms with van der Waals surface area (Å²) < 4.78 is 4.81. The van der Waals surface area contributed by atoms with Crippen molar-refractivity contribution >= 4 is 34.8 Å². The van der Waals surface area contributed by atoms with Gasteiger partial charge in [-0.15, -0.1) is 0 Å². The second kappa shape index (κ2) is 10.6. The molecule has 28 heavy (non-hydrogen) atoms. The van der Waals surface area contributed by atoms with E-state index in [0.29, 0.717) is 5.69 Å². The smallest absolute Gasteiger partial charge is 0.330 e. The van der Waals surface area contributed by atoms with E-state index in [1.807, 2.05) is 36.4 Å². The van der Waals surface area contributed by atoms with Crippen molar-refractivity contribution in [3.63, 3.8) is 0 Å². The fourth-order valence-corrected chi connectivity index (χ4v) is 2.47. The summed E-state index contributed by atoms with van der Waals surface area (Å²) in [7, 11) is 0. The molecule has 1 aromatic carbocycles. The number of nitrogens with two attached hydrogens (primary N) is 1. The van der Waals surface area contributed by atoms with E-state index in [1.165, 1.54) is 18.2 Å². The Morgan fingerprint density at radius 2 is 1.96 bits per heavy atom. The van der Waals surface area contributed by atoms with Crippen LogP contribution in [-0.4, -0.2) is 35.4 Å². The summed E-state index contributed by atoms with van der Waals surface area (Å²) in [6.07, 6.45) is 6.02. The van der Waals surface area contributed by atoms with Crippen LogP contribution in [0.25, 0.3) is 17.0 Å². The van der Waals surface area contributed by atoms with Gasteiger partial charge < -0.3 is 15.8 Å². The van der Waals surface area contributed by atoms with Gasteiger partial charge in [-0.2, -0.15) is 0 Å². The first kappa shape index (κ1) is 20.8. The molecule has 0 fully saturated rings. The Hall–Kier alpha value is -3.48. The highest BCUT2D eigenvalue weighted by Crippen LogP contribution is 2.12. The zero-order valence-electron chi connectivity index (χ0n) is 15.6. The van der Waals surface area contributed by atoms with Crippen LogP contribution >= 0.6 is 0 Å². The highest BCUT2D eigenvalue weighted by atomic mass is 16.5. The Labute approximate surface area is 163 Å². The molecule has 1 aromatic heterocycles. The van der Waals surface area contributed by atoms with Gasteiger partial charge in [-0.3, -0.25) is 9.59 Å². The van der Waals surface area contributed by atoms with Crippen molar-refractivity contribution in [3.05, 3.63) is 60.3 Å². The van der Waals surface area contributed by atoms with Crippen LogP contribution in [0.15, 0.2) is 54.6 Å². The third-order valence-electron chi connectivity index (χ3n) is 3.81. The minimum Gasteiger partial charge on any atom is -0.463 e. The van der Waals surface area contributed by atoms with Crippen LogP contribution in [0.3, 0.4) is 0 Å². The maximum absolute atomic E-state index is 12.2. The number of para-hydroxylation sites is 1. The van der Waals surface area contributed by atoms with Gasteiger partial charge in [0.15, 0.2) is 0 Å². The minimum atomic E-state index is -0.529. The summed E-state index contributed by atoms with van der Waals surface area (Å²) >= 11 is 0. The van der Waals surface area contributed by atoms with Gasteiger partial charge in [-0.1, -0.05) is 30.3 Å². The van der Waals surface area contributed by atoms with Crippen molar-refractivity contribution in [1.29, 1.82) is 0 Å². The van der Waals surface area contributed by atoms with E-state index in [4.69, 9.17) is 10.5 Å². The molecule has 7 heteroatoms. The van der Waals surface area contributed by atoms with Crippen molar-refractivity contribution in [2.45, 2.75) is 25.8 Å². The van der Waals surface area contributed by atoms with Crippen LogP contribution in [0.1, 0.15) is 25.5 Å². The van der Waals surface area contributed by atoms with Gasteiger partial charge in [0, 0.05) is 30.0 Å². The molecule has 2 aromatic rings. The van der Waals surface area contributed by atoms with E-state index >= 15 is 0 Å². The minimum absolute atomic E-state index is 0.0774. The number of nitrogens with one attached hydrogen (secondary N) is 1. The van der Waals surface area contributed by atoms with Gasteiger partial charge in [0.1, 0.15) is 0 Å². The lowest BCUT2D eigenvalue weighted by Gasteiger charge is -2.12. The van der Waals surface area contributed by atoms with Gasteiger partial charge in [-0.05, 0) is 31.6 Å². The largest absolute Gasteiger partial charge is 0.463 e. The number of rotatable bonds is 9. The van der Waals surface area contributed by atoms with Crippen LogP contribution in [0.4, 0.5) is 0 Å². The van der Waals surface area contributed by atoms with Gasteiger partial charge in [0.05, 0.1) is 17.8 Å². The van der Waals surface area contributed by atoms with Crippen molar-refractivity contribution in [3.8, 4) is 0 Å². The predicted octanol–water partition coefficient (Wildman–Crippen LogP) is 2.12. The first-order valence-electron chi connectivity index (χ1n) is 8.95. The van der Waals surface area contributed by atoms with Crippen molar-refractivity contribution < 1.29 is 19.1 Å². The fourth-order valence-electron chi connectivity index (χ4n) is 2.47. The molecule has 0 aliphatic rings. The molecule has 1 heterocycles. The lowest BCUT2D eigenvalue weighted by Crippen LogP contribution is -2.33. The van der Waals surface area contributed by atoms with Crippen LogP contribution in [0, 0.1) is 0 Å². The molecule has 146 valence electrons. The first-order valence-corrected chi connectivity index (χ1v) is 8.95. The third kappa shape index (κ3) is 7.03. The SMILES string of the molecule is CCOC(=O)/C=C/[C@H](CCC(N)=O)NC(=O)/C=C/c1ccc2ccccc2n1. The molecule has 0 bridgehead atoms. The number of fused-ring (bicyclic) bond motifs is 1. The molecule has 3 N–H and O–H groups in total. The number of ether oxygens (including phenoxy) is 1. The van der Waals surface area contributed by atoms with Crippen molar-refractivity contribution in [1.82, 2.24) is 10.3 Å². The molecule has 2 amide bonds. The van der Waals surface area contributed by atoms with Gasteiger partial charge >= 0.3 is 5.97 Å². The number of esters is 1. The highest BCUT2D eigenvalue weighted by molar-refractivity contribution is 5.92. The number of carbonyl (C=O) groups excluding carboxylic acids is 3. The van der Waals surface area contributed by atoms with Crippen LogP contribution in [0.5, 0.6) is 0 Å². The Morgan fingerprint density at radius 3 is 2.71 bits per heavy atom. The summed E-state index contributed by atoms with van der Waals surface area (Å²) in [5.74, 6) is -1.38. The van der Waals surface area contributed by atoms with E-state index in [0.717, 1.165) is 10.9 Å². The standard InChI is InChI=1S/C21H23N3O4/c1-2-28-21(27)14-11-17(9-12-19(22)25)24-20(26)13-10-16-8-7-15-5-3-4-6-18(15)23-16/h3-8,10-11,13-14,17H,2,9,12H2,1H3,(H2,22,25)(H,24,26)/b13-10+,14-11+/t17-/m0/s1. The van der Waals surface area contributed by atoms with E-state index < -0.39 is 17.9 Å². The molecular formula is C21H23N3O4. The normalized spacial score (nSPS) is 12.3. The number of pyridine rings is 1. The topological polar surface area (TPSA) is 111 Å². The molecule has 0 aliphatic carbocycles. The highest BCUT2D eigenvalue weighted by Gasteiger charge is 2.10. The lowest BCUT2D eigenvalue weighted by atomic mass is 10.1. The molecule has 0 unspecified atom stereocenters. The van der Waals surface area contributed by atoms with Crippen LogP contribution in [0.2, 0.25) is 0 Å². The monoisotopic (exact) mass is 381 g/mol. The quantitative estimate of drug-likeness (QED) is 0.510. The second-order valence-electron chi connectivity index (χ2n) is 5.99. The fraction of sp³-hybridized carbons (Fsp3) is 0.238. The number of benzene rings is 1. The zero-order chi connectivity index (χ0) is 20.4. The molecule has 1 atom stereocenters.